The molecule has 1 atom stereocenters. The SMILES string of the molecule is CCOC1CCN(C(CN)c2cc(Cl)ccc2Br)CC1. The zero-order valence-electron chi connectivity index (χ0n) is 11.8. The molecule has 0 aliphatic carbocycles. The molecule has 1 aliphatic heterocycles. The highest BCUT2D eigenvalue weighted by molar-refractivity contribution is 9.10. The topological polar surface area (TPSA) is 38.5 Å². The van der Waals surface area contributed by atoms with Crippen LogP contribution in [0.2, 0.25) is 5.02 Å². The van der Waals surface area contributed by atoms with E-state index in [2.05, 4.69) is 27.8 Å². The summed E-state index contributed by atoms with van der Waals surface area (Å²) in [6, 6.07) is 6.11. The van der Waals surface area contributed by atoms with E-state index in [0.29, 0.717) is 12.6 Å². The van der Waals surface area contributed by atoms with Crippen LogP contribution in [0.1, 0.15) is 31.4 Å². The van der Waals surface area contributed by atoms with E-state index >= 15 is 0 Å². The van der Waals surface area contributed by atoms with E-state index < -0.39 is 0 Å². The van der Waals surface area contributed by atoms with Crippen molar-refractivity contribution in [2.24, 2.45) is 5.73 Å². The molecular formula is C15H22BrClN2O. The summed E-state index contributed by atoms with van der Waals surface area (Å²) in [6.45, 7) is 5.48. The third-order valence-electron chi connectivity index (χ3n) is 3.86. The molecule has 1 unspecified atom stereocenters. The second-order valence-electron chi connectivity index (χ2n) is 5.11. The number of nitrogens with two attached hydrogens (primary N) is 1. The second-order valence-corrected chi connectivity index (χ2v) is 6.40. The highest BCUT2D eigenvalue weighted by Crippen LogP contribution is 2.31. The molecule has 1 aromatic rings. The fraction of sp³-hybridized carbons (Fsp3) is 0.600. The lowest BCUT2D eigenvalue weighted by Crippen LogP contribution is -2.42. The average Bonchev–Trinajstić information content (AvgIpc) is 2.45. The summed E-state index contributed by atoms with van der Waals surface area (Å²) >= 11 is 9.73. The molecule has 1 aliphatic rings. The number of piperidine rings is 1. The Morgan fingerprint density at radius 1 is 1.45 bits per heavy atom. The quantitative estimate of drug-likeness (QED) is 0.871. The van der Waals surface area contributed by atoms with E-state index in [4.69, 9.17) is 22.1 Å². The van der Waals surface area contributed by atoms with E-state index in [9.17, 15) is 0 Å². The van der Waals surface area contributed by atoms with Gasteiger partial charge in [-0.2, -0.15) is 0 Å². The van der Waals surface area contributed by atoms with Crippen molar-refractivity contribution >= 4 is 27.5 Å². The van der Waals surface area contributed by atoms with Crippen molar-refractivity contribution in [3.63, 3.8) is 0 Å². The van der Waals surface area contributed by atoms with Gasteiger partial charge in [0.1, 0.15) is 0 Å². The van der Waals surface area contributed by atoms with Crippen LogP contribution in [0, 0.1) is 0 Å². The summed E-state index contributed by atoms with van der Waals surface area (Å²) in [5.74, 6) is 0. The molecule has 2 rings (SSSR count). The van der Waals surface area contributed by atoms with E-state index in [0.717, 1.165) is 42.0 Å². The number of likely N-dealkylation sites (tertiary alicyclic amines) is 1. The molecule has 0 aromatic heterocycles. The molecule has 0 spiro atoms. The molecule has 0 bridgehead atoms. The minimum atomic E-state index is 0.214. The van der Waals surface area contributed by atoms with Crippen molar-refractivity contribution in [3.8, 4) is 0 Å². The predicted octanol–water partition coefficient (Wildman–Crippen LogP) is 3.60. The first kappa shape index (κ1) is 16.2. The van der Waals surface area contributed by atoms with Gasteiger partial charge in [-0.25, -0.2) is 0 Å². The Morgan fingerprint density at radius 2 is 2.15 bits per heavy atom. The molecule has 0 radical (unpaired) electrons. The van der Waals surface area contributed by atoms with Gasteiger partial charge in [-0.1, -0.05) is 27.5 Å². The molecule has 1 aromatic carbocycles. The van der Waals surface area contributed by atoms with Gasteiger partial charge in [0.2, 0.25) is 0 Å². The summed E-state index contributed by atoms with van der Waals surface area (Å²) < 4.78 is 6.78. The molecule has 5 heteroatoms. The maximum absolute atomic E-state index is 6.12. The Morgan fingerprint density at radius 3 is 2.75 bits per heavy atom. The van der Waals surface area contributed by atoms with Crippen LogP contribution in [-0.2, 0) is 4.74 Å². The molecule has 20 heavy (non-hydrogen) atoms. The Bertz CT molecular complexity index is 436. The zero-order chi connectivity index (χ0) is 14.5. The minimum Gasteiger partial charge on any atom is -0.378 e. The van der Waals surface area contributed by atoms with Crippen molar-refractivity contribution in [2.45, 2.75) is 31.9 Å². The highest BCUT2D eigenvalue weighted by Gasteiger charge is 2.26. The maximum Gasteiger partial charge on any atom is 0.0599 e. The van der Waals surface area contributed by atoms with Crippen LogP contribution in [0.25, 0.3) is 0 Å². The van der Waals surface area contributed by atoms with Gasteiger partial charge in [0, 0.05) is 41.8 Å². The van der Waals surface area contributed by atoms with Crippen LogP contribution in [0.5, 0.6) is 0 Å². The Balaban J connectivity index is 2.07. The van der Waals surface area contributed by atoms with Crippen LogP contribution in [-0.4, -0.2) is 37.2 Å². The van der Waals surface area contributed by atoms with Crippen LogP contribution < -0.4 is 5.73 Å². The van der Waals surface area contributed by atoms with Crippen molar-refractivity contribution in [3.05, 3.63) is 33.3 Å². The predicted molar refractivity (Wildman–Crippen MR) is 87.2 cm³/mol. The first-order valence-corrected chi connectivity index (χ1v) is 8.33. The molecule has 1 heterocycles. The fourth-order valence-electron chi connectivity index (χ4n) is 2.83. The van der Waals surface area contributed by atoms with Gasteiger partial charge < -0.3 is 10.5 Å². The molecule has 3 nitrogen and oxygen atoms in total. The van der Waals surface area contributed by atoms with Crippen molar-refractivity contribution in [1.29, 1.82) is 0 Å². The Labute approximate surface area is 134 Å². The summed E-state index contributed by atoms with van der Waals surface area (Å²) in [6.07, 6.45) is 2.54. The normalized spacial score (nSPS) is 19.2. The highest BCUT2D eigenvalue weighted by atomic mass is 79.9. The number of benzene rings is 1. The van der Waals surface area contributed by atoms with E-state index in [-0.39, 0.29) is 6.04 Å². The van der Waals surface area contributed by atoms with Gasteiger partial charge >= 0.3 is 0 Å². The zero-order valence-corrected chi connectivity index (χ0v) is 14.2. The number of halogens is 2. The van der Waals surface area contributed by atoms with Crippen molar-refractivity contribution in [2.75, 3.05) is 26.2 Å². The second kappa shape index (κ2) is 7.76. The van der Waals surface area contributed by atoms with Gasteiger partial charge in [0.15, 0.2) is 0 Å². The van der Waals surface area contributed by atoms with Gasteiger partial charge in [0.25, 0.3) is 0 Å². The van der Waals surface area contributed by atoms with Gasteiger partial charge in [-0.3, -0.25) is 4.90 Å². The molecule has 0 saturated carbocycles. The van der Waals surface area contributed by atoms with Crippen molar-refractivity contribution < 1.29 is 4.74 Å². The van der Waals surface area contributed by atoms with Gasteiger partial charge in [0.05, 0.1) is 6.10 Å². The summed E-state index contributed by atoms with van der Waals surface area (Å²) in [5, 5.41) is 0.755. The van der Waals surface area contributed by atoms with E-state index in [1.807, 2.05) is 18.2 Å². The van der Waals surface area contributed by atoms with Crippen LogP contribution in [0.4, 0.5) is 0 Å². The average molecular weight is 362 g/mol. The van der Waals surface area contributed by atoms with Gasteiger partial charge in [-0.15, -0.1) is 0 Å². The lowest BCUT2D eigenvalue weighted by molar-refractivity contribution is 0.00445. The van der Waals surface area contributed by atoms with E-state index in [1.165, 1.54) is 5.56 Å². The molecule has 1 fully saturated rings. The number of hydrogen-bond acceptors (Lipinski definition) is 3. The minimum absolute atomic E-state index is 0.214. The molecule has 112 valence electrons. The standard InChI is InChI=1S/C15H22BrClN2O/c1-2-20-12-5-7-19(8-6-12)15(10-18)13-9-11(17)3-4-14(13)16/h3-4,9,12,15H,2,5-8,10,18H2,1H3. The number of nitrogens with zero attached hydrogens (tertiary/aromatic N) is 1. The lowest BCUT2D eigenvalue weighted by Gasteiger charge is -2.37. The number of rotatable bonds is 5. The molecule has 2 N–H and O–H groups in total. The molecule has 0 amide bonds. The summed E-state index contributed by atoms with van der Waals surface area (Å²) in [7, 11) is 0. The summed E-state index contributed by atoms with van der Waals surface area (Å²) in [4.78, 5) is 2.44. The van der Waals surface area contributed by atoms with Crippen LogP contribution in [0.15, 0.2) is 22.7 Å². The third-order valence-corrected chi connectivity index (χ3v) is 4.82. The Hall–Kier alpha value is -0.130. The van der Waals surface area contributed by atoms with Crippen molar-refractivity contribution in [1.82, 2.24) is 4.90 Å². The van der Waals surface area contributed by atoms with Crippen LogP contribution in [0.3, 0.4) is 0 Å². The first-order valence-electron chi connectivity index (χ1n) is 7.16. The number of hydrogen-bond donors (Lipinski definition) is 1. The monoisotopic (exact) mass is 360 g/mol. The molecular weight excluding hydrogens is 340 g/mol. The fourth-order valence-corrected chi connectivity index (χ4v) is 3.52. The molecule has 1 saturated heterocycles. The lowest BCUT2D eigenvalue weighted by atomic mass is 10.0. The smallest absolute Gasteiger partial charge is 0.0599 e. The Kier molecular flexibility index (Phi) is 6.30. The van der Waals surface area contributed by atoms with E-state index in [1.54, 1.807) is 0 Å². The van der Waals surface area contributed by atoms with Crippen LogP contribution >= 0.6 is 27.5 Å². The maximum atomic E-state index is 6.12. The summed E-state index contributed by atoms with van der Waals surface area (Å²) in [5.41, 5.74) is 7.19. The van der Waals surface area contributed by atoms with Gasteiger partial charge in [-0.05, 0) is 43.5 Å². The third kappa shape index (κ3) is 3.95. The largest absolute Gasteiger partial charge is 0.378 e. The number of ether oxygens (including phenoxy) is 1. The first-order chi connectivity index (χ1) is 9.65.